The van der Waals surface area contributed by atoms with Crippen LogP contribution in [0.15, 0.2) is 42.5 Å². The summed E-state index contributed by atoms with van der Waals surface area (Å²) in [5.74, 6) is -4.52. The molecular formula is C17H12ClF3N2O5. The van der Waals surface area contributed by atoms with E-state index in [1.165, 1.54) is 43.5 Å². The van der Waals surface area contributed by atoms with E-state index in [1.807, 2.05) is 0 Å². The van der Waals surface area contributed by atoms with Crippen LogP contribution in [0.25, 0.3) is 0 Å². The average Bonchev–Trinajstić information content (AvgIpc) is 2.99. The van der Waals surface area contributed by atoms with Crippen molar-refractivity contribution in [3.8, 4) is 11.5 Å². The molecule has 2 amide bonds. The summed E-state index contributed by atoms with van der Waals surface area (Å²) in [7, 11) is 1.20. The minimum atomic E-state index is -5.11. The number of ether oxygens (including phenoxy) is 3. The van der Waals surface area contributed by atoms with Crippen LogP contribution in [0.4, 0.5) is 23.7 Å². The second-order valence-corrected chi connectivity index (χ2v) is 5.99. The van der Waals surface area contributed by atoms with Crippen molar-refractivity contribution in [1.82, 2.24) is 5.32 Å². The van der Waals surface area contributed by atoms with Crippen molar-refractivity contribution >= 4 is 29.3 Å². The van der Waals surface area contributed by atoms with Gasteiger partial charge in [0.05, 0.1) is 12.7 Å². The van der Waals surface area contributed by atoms with E-state index in [0.29, 0.717) is 0 Å². The Kier molecular flexibility index (Phi) is 4.99. The quantitative estimate of drug-likeness (QED) is 0.740. The van der Waals surface area contributed by atoms with E-state index in [1.54, 1.807) is 5.32 Å². The lowest BCUT2D eigenvalue weighted by Crippen LogP contribution is -2.65. The molecule has 148 valence electrons. The maximum atomic E-state index is 13.6. The SMILES string of the molecule is COC(=O)c1ccc(NC(=O)N[C@@]2(C(F)(F)F)Oc3ccc(Cl)cc3O2)cc1. The fourth-order valence-electron chi connectivity index (χ4n) is 2.33. The van der Waals surface area contributed by atoms with Gasteiger partial charge in [-0.05, 0) is 36.4 Å². The van der Waals surface area contributed by atoms with E-state index in [2.05, 4.69) is 10.1 Å². The first kappa shape index (κ1) is 19.6. The number of alkyl halides is 3. The van der Waals surface area contributed by atoms with Gasteiger partial charge >= 0.3 is 24.1 Å². The molecule has 7 nitrogen and oxygen atoms in total. The van der Waals surface area contributed by atoms with Crippen molar-refractivity contribution in [3.63, 3.8) is 0 Å². The molecule has 2 N–H and O–H groups in total. The molecule has 0 saturated carbocycles. The van der Waals surface area contributed by atoms with Crippen molar-refractivity contribution in [1.29, 1.82) is 0 Å². The molecule has 11 heteroatoms. The van der Waals surface area contributed by atoms with Crippen LogP contribution in [-0.4, -0.2) is 31.2 Å². The van der Waals surface area contributed by atoms with Crippen molar-refractivity contribution in [2.45, 2.75) is 12.1 Å². The summed E-state index contributed by atoms with van der Waals surface area (Å²) in [6, 6.07) is 7.70. The van der Waals surface area contributed by atoms with Gasteiger partial charge in [-0.3, -0.25) is 5.32 Å². The van der Waals surface area contributed by atoms with Gasteiger partial charge in [-0.2, -0.15) is 13.2 Å². The Morgan fingerprint density at radius 2 is 1.71 bits per heavy atom. The fourth-order valence-corrected chi connectivity index (χ4v) is 2.50. The van der Waals surface area contributed by atoms with Gasteiger partial charge < -0.3 is 19.5 Å². The highest BCUT2D eigenvalue weighted by molar-refractivity contribution is 6.30. The van der Waals surface area contributed by atoms with Crippen molar-refractivity contribution < 1.29 is 37.0 Å². The minimum absolute atomic E-state index is 0.126. The number of carbonyl (C=O) groups is 2. The molecule has 2 aromatic carbocycles. The molecule has 1 aliphatic rings. The number of fused-ring (bicyclic) bond motifs is 1. The number of carbonyl (C=O) groups excluding carboxylic acids is 2. The molecule has 0 aliphatic carbocycles. The van der Waals surface area contributed by atoms with Gasteiger partial charge in [-0.25, -0.2) is 9.59 Å². The van der Waals surface area contributed by atoms with E-state index in [9.17, 15) is 22.8 Å². The average molecular weight is 417 g/mol. The zero-order valence-corrected chi connectivity index (χ0v) is 14.9. The summed E-state index contributed by atoms with van der Waals surface area (Å²) in [5, 5.41) is 3.98. The first-order valence-corrected chi connectivity index (χ1v) is 8.03. The topological polar surface area (TPSA) is 85.9 Å². The van der Waals surface area contributed by atoms with E-state index in [4.69, 9.17) is 21.1 Å². The number of rotatable bonds is 3. The van der Waals surface area contributed by atoms with Gasteiger partial charge in [0, 0.05) is 16.8 Å². The molecular weight excluding hydrogens is 405 g/mol. The Bertz CT molecular complexity index is 920. The zero-order valence-electron chi connectivity index (χ0n) is 14.1. The Morgan fingerprint density at radius 1 is 1.07 bits per heavy atom. The molecule has 0 fully saturated rings. The number of urea groups is 1. The highest BCUT2D eigenvalue weighted by Crippen LogP contribution is 2.46. The third-order valence-electron chi connectivity index (χ3n) is 3.63. The van der Waals surface area contributed by atoms with Gasteiger partial charge in [0.2, 0.25) is 0 Å². The smallest absolute Gasteiger partial charge is 0.465 e. The minimum Gasteiger partial charge on any atom is -0.465 e. The number of esters is 1. The van der Waals surface area contributed by atoms with E-state index >= 15 is 0 Å². The van der Waals surface area contributed by atoms with E-state index < -0.39 is 24.1 Å². The number of amides is 2. The molecule has 0 radical (unpaired) electrons. The van der Waals surface area contributed by atoms with Crippen LogP contribution in [-0.2, 0) is 4.74 Å². The number of benzene rings is 2. The molecule has 0 aromatic heterocycles. The number of hydrogen-bond acceptors (Lipinski definition) is 5. The summed E-state index contributed by atoms with van der Waals surface area (Å²) in [4.78, 5) is 23.5. The Balaban J connectivity index is 1.76. The first-order chi connectivity index (χ1) is 13.1. The maximum Gasteiger partial charge on any atom is 0.492 e. The fraction of sp³-hybridized carbons (Fsp3) is 0.176. The normalized spacial score (nSPS) is 17.8. The summed E-state index contributed by atoms with van der Waals surface area (Å²) in [6.07, 6.45) is -5.11. The van der Waals surface area contributed by atoms with Gasteiger partial charge in [0.25, 0.3) is 0 Å². The summed E-state index contributed by atoms with van der Waals surface area (Å²) in [6.45, 7) is 0. The molecule has 1 heterocycles. The highest BCUT2D eigenvalue weighted by Gasteiger charge is 2.65. The number of nitrogens with one attached hydrogen (secondary N) is 2. The lowest BCUT2D eigenvalue weighted by molar-refractivity contribution is -0.317. The number of methoxy groups -OCH3 is 1. The molecule has 28 heavy (non-hydrogen) atoms. The number of hydrogen-bond donors (Lipinski definition) is 2. The van der Waals surface area contributed by atoms with Gasteiger partial charge in [0.1, 0.15) is 0 Å². The Morgan fingerprint density at radius 3 is 2.32 bits per heavy atom. The Hall–Kier alpha value is -3.14. The first-order valence-electron chi connectivity index (χ1n) is 7.65. The Labute approximate surface area is 161 Å². The van der Waals surface area contributed by atoms with Crippen LogP contribution < -0.4 is 20.1 Å². The largest absolute Gasteiger partial charge is 0.492 e. The van der Waals surface area contributed by atoms with Crippen LogP contribution in [0.5, 0.6) is 11.5 Å². The monoisotopic (exact) mass is 416 g/mol. The molecule has 1 aliphatic heterocycles. The standard InChI is InChI=1S/C17H12ClF3N2O5/c1-26-14(24)9-2-5-11(6-3-9)22-15(25)23-17(16(19,20)21)27-12-7-4-10(18)8-13(12)28-17/h2-8H,1H3,(H2,22,23,25)/t17-/m0/s1. The molecule has 0 unspecified atom stereocenters. The van der Waals surface area contributed by atoms with Crippen molar-refractivity contribution in [2.24, 2.45) is 0 Å². The van der Waals surface area contributed by atoms with Crippen LogP contribution in [0, 0.1) is 0 Å². The maximum absolute atomic E-state index is 13.6. The molecule has 0 bridgehead atoms. The molecule has 2 aromatic rings. The highest BCUT2D eigenvalue weighted by atomic mass is 35.5. The third-order valence-corrected chi connectivity index (χ3v) is 3.86. The van der Waals surface area contributed by atoms with Crippen molar-refractivity contribution in [3.05, 3.63) is 53.1 Å². The van der Waals surface area contributed by atoms with E-state index in [-0.39, 0.29) is 27.8 Å². The predicted molar refractivity (Wildman–Crippen MR) is 91.4 cm³/mol. The predicted octanol–water partition coefficient (Wildman–Crippen LogP) is 3.94. The zero-order chi connectivity index (χ0) is 20.5. The second kappa shape index (κ2) is 7.12. The van der Waals surface area contributed by atoms with Crippen molar-refractivity contribution in [2.75, 3.05) is 12.4 Å². The number of halogens is 4. The van der Waals surface area contributed by atoms with Crippen LogP contribution in [0.1, 0.15) is 10.4 Å². The third kappa shape index (κ3) is 3.77. The van der Waals surface area contributed by atoms with Gasteiger partial charge in [0.15, 0.2) is 11.5 Å². The van der Waals surface area contributed by atoms with E-state index in [0.717, 1.165) is 6.07 Å². The second-order valence-electron chi connectivity index (χ2n) is 5.56. The van der Waals surface area contributed by atoms with Gasteiger partial charge in [-0.15, -0.1) is 0 Å². The van der Waals surface area contributed by atoms with Crippen LogP contribution in [0.2, 0.25) is 5.02 Å². The van der Waals surface area contributed by atoms with Crippen LogP contribution in [0.3, 0.4) is 0 Å². The lowest BCUT2D eigenvalue weighted by Gasteiger charge is -2.29. The molecule has 0 spiro atoms. The summed E-state index contributed by atoms with van der Waals surface area (Å²) < 4.78 is 55.0. The molecule has 1 atom stereocenters. The van der Waals surface area contributed by atoms with Crippen LogP contribution >= 0.6 is 11.6 Å². The summed E-state index contributed by atoms with van der Waals surface area (Å²) in [5.41, 5.74) is 0.330. The molecule has 3 rings (SSSR count). The number of anilines is 1. The van der Waals surface area contributed by atoms with Gasteiger partial charge in [-0.1, -0.05) is 11.6 Å². The lowest BCUT2D eigenvalue weighted by atomic mass is 10.2. The summed E-state index contributed by atoms with van der Waals surface area (Å²) >= 11 is 5.74. The molecule has 0 saturated heterocycles.